The predicted octanol–water partition coefficient (Wildman–Crippen LogP) is 1.06. The molecule has 2 heterocycles. The number of anilines is 1. The van der Waals surface area contributed by atoms with Crippen LogP contribution in [-0.4, -0.2) is 44.2 Å². The number of hydrogen-bond donors (Lipinski definition) is 1. The number of nitrogens with zero attached hydrogens (tertiary/aromatic N) is 2. The second kappa shape index (κ2) is 5.82. The SMILES string of the molecule is CN(C)c1ccc(C(=O)NC[C@@H]2CCCO2)cn1. The van der Waals surface area contributed by atoms with E-state index in [1.165, 1.54) is 0 Å². The highest BCUT2D eigenvalue weighted by molar-refractivity contribution is 5.94. The van der Waals surface area contributed by atoms with Crippen LogP contribution in [-0.2, 0) is 4.74 Å². The van der Waals surface area contributed by atoms with E-state index in [-0.39, 0.29) is 12.0 Å². The minimum atomic E-state index is -0.0942. The molecule has 1 aromatic heterocycles. The van der Waals surface area contributed by atoms with Gasteiger partial charge in [-0.15, -0.1) is 0 Å². The van der Waals surface area contributed by atoms with Crippen molar-refractivity contribution in [2.45, 2.75) is 18.9 Å². The van der Waals surface area contributed by atoms with Crippen LogP contribution < -0.4 is 10.2 Å². The van der Waals surface area contributed by atoms with Crippen molar-refractivity contribution >= 4 is 11.7 Å². The van der Waals surface area contributed by atoms with Crippen LogP contribution in [0.5, 0.6) is 0 Å². The predicted molar refractivity (Wildman–Crippen MR) is 69.9 cm³/mol. The van der Waals surface area contributed by atoms with E-state index in [0.29, 0.717) is 12.1 Å². The average molecular weight is 249 g/mol. The van der Waals surface area contributed by atoms with E-state index < -0.39 is 0 Å². The van der Waals surface area contributed by atoms with Crippen LogP contribution in [0.4, 0.5) is 5.82 Å². The van der Waals surface area contributed by atoms with Crippen molar-refractivity contribution in [1.82, 2.24) is 10.3 Å². The zero-order valence-electron chi connectivity index (χ0n) is 10.8. The molecule has 5 nitrogen and oxygen atoms in total. The maximum absolute atomic E-state index is 11.9. The zero-order chi connectivity index (χ0) is 13.0. The van der Waals surface area contributed by atoms with Gasteiger partial charge in [0.05, 0.1) is 11.7 Å². The highest BCUT2D eigenvalue weighted by atomic mass is 16.5. The summed E-state index contributed by atoms with van der Waals surface area (Å²) in [7, 11) is 3.83. The molecule has 2 rings (SSSR count). The summed E-state index contributed by atoms with van der Waals surface area (Å²) in [6.07, 6.45) is 3.88. The first-order valence-electron chi connectivity index (χ1n) is 6.20. The van der Waals surface area contributed by atoms with Crippen molar-refractivity contribution in [3.63, 3.8) is 0 Å². The molecule has 1 atom stereocenters. The highest BCUT2D eigenvalue weighted by Gasteiger charge is 2.16. The fraction of sp³-hybridized carbons (Fsp3) is 0.538. The number of rotatable bonds is 4. The topological polar surface area (TPSA) is 54.5 Å². The number of amides is 1. The minimum Gasteiger partial charge on any atom is -0.376 e. The fourth-order valence-corrected chi connectivity index (χ4v) is 1.90. The number of hydrogen-bond acceptors (Lipinski definition) is 4. The van der Waals surface area contributed by atoms with Crippen LogP contribution in [0.3, 0.4) is 0 Å². The molecule has 18 heavy (non-hydrogen) atoms. The number of nitrogens with one attached hydrogen (secondary N) is 1. The molecule has 0 aliphatic carbocycles. The van der Waals surface area contributed by atoms with Crippen molar-refractivity contribution < 1.29 is 9.53 Å². The van der Waals surface area contributed by atoms with Gasteiger partial charge in [-0.1, -0.05) is 0 Å². The Balaban J connectivity index is 1.87. The van der Waals surface area contributed by atoms with Gasteiger partial charge in [0, 0.05) is 33.4 Å². The van der Waals surface area contributed by atoms with Crippen LogP contribution in [0.15, 0.2) is 18.3 Å². The first-order valence-corrected chi connectivity index (χ1v) is 6.20. The van der Waals surface area contributed by atoms with Gasteiger partial charge in [0.2, 0.25) is 0 Å². The molecular weight excluding hydrogens is 230 g/mol. The number of carbonyl (C=O) groups is 1. The van der Waals surface area contributed by atoms with Crippen molar-refractivity contribution in [2.24, 2.45) is 0 Å². The third-order valence-electron chi connectivity index (χ3n) is 2.98. The van der Waals surface area contributed by atoms with Gasteiger partial charge in [-0.05, 0) is 25.0 Å². The monoisotopic (exact) mass is 249 g/mol. The molecular formula is C13H19N3O2. The molecule has 1 N–H and O–H groups in total. The molecule has 0 radical (unpaired) electrons. The van der Waals surface area contributed by atoms with Crippen molar-refractivity contribution in [3.8, 4) is 0 Å². The standard InChI is InChI=1S/C13H19N3O2/c1-16(2)12-6-5-10(8-14-12)13(17)15-9-11-4-3-7-18-11/h5-6,8,11H,3-4,7,9H2,1-2H3,(H,15,17)/t11-/m0/s1. The number of ether oxygens (including phenoxy) is 1. The average Bonchev–Trinajstić information content (AvgIpc) is 2.89. The maximum atomic E-state index is 11.9. The second-order valence-corrected chi connectivity index (χ2v) is 4.64. The van der Waals surface area contributed by atoms with Gasteiger partial charge in [0.25, 0.3) is 5.91 Å². The van der Waals surface area contributed by atoms with Gasteiger partial charge >= 0.3 is 0 Å². The molecule has 1 aliphatic heterocycles. The summed E-state index contributed by atoms with van der Waals surface area (Å²) in [5, 5.41) is 2.87. The van der Waals surface area contributed by atoms with Crippen LogP contribution in [0, 0.1) is 0 Å². The lowest BCUT2D eigenvalue weighted by molar-refractivity contribution is 0.0857. The third-order valence-corrected chi connectivity index (χ3v) is 2.98. The Labute approximate surface area is 107 Å². The van der Waals surface area contributed by atoms with Crippen LogP contribution in [0.1, 0.15) is 23.2 Å². The summed E-state index contributed by atoms with van der Waals surface area (Å²) < 4.78 is 5.45. The lowest BCUT2D eigenvalue weighted by Crippen LogP contribution is -2.31. The molecule has 0 bridgehead atoms. The van der Waals surface area contributed by atoms with Gasteiger partial charge in [0.15, 0.2) is 0 Å². The number of carbonyl (C=O) groups excluding carboxylic acids is 1. The lowest BCUT2D eigenvalue weighted by Gasteiger charge is -2.12. The quantitative estimate of drug-likeness (QED) is 0.867. The van der Waals surface area contributed by atoms with E-state index in [0.717, 1.165) is 25.3 Å². The van der Waals surface area contributed by atoms with E-state index in [1.807, 2.05) is 25.1 Å². The Morgan fingerprint density at radius 1 is 1.56 bits per heavy atom. The third kappa shape index (κ3) is 3.20. The van der Waals surface area contributed by atoms with E-state index in [1.54, 1.807) is 12.3 Å². The van der Waals surface area contributed by atoms with Crippen molar-refractivity contribution in [3.05, 3.63) is 23.9 Å². The molecule has 1 aromatic rings. The van der Waals surface area contributed by atoms with Gasteiger partial charge in [-0.25, -0.2) is 4.98 Å². The summed E-state index contributed by atoms with van der Waals surface area (Å²) in [5.74, 6) is 0.744. The molecule has 5 heteroatoms. The molecule has 1 saturated heterocycles. The fourth-order valence-electron chi connectivity index (χ4n) is 1.90. The molecule has 0 spiro atoms. The number of aromatic nitrogens is 1. The molecule has 1 amide bonds. The molecule has 1 aliphatic rings. The molecule has 0 aromatic carbocycles. The van der Waals surface area contributed by atoms with E-state index in [9.17, 15) is 4.79 Å². The van der Waals surface area contributed by atoms with Gasteiger partial charge < -0.3 is 15.0 Å². The Morgan fingerprint density at radius 2 is 2.39 bits per heavy atom. The Hall–Kier alpha value is -1.62. The van der Waals surface area contributed by atoms with E-state index >= 15 is 0 Å². The molecule has 0 unspecified atom stereocenters. The minimum absolute atomic E-state index is 0.0942. The first-order chi connectivity index (χ1) is 8.66. The molecule has 0 saturated carbocycles. The maximum Gasteiger partial charge on any atom is 0.252 e. The number of pyridine rings is 1. The van der Waals surface area contributed by atoms with Crippen LogP contribution in [0.2, 0.25) is 0 Å². The summed E-state index contributed by atoms with van der Waals surface area (Å²) in [6, 6.07) is 3.62. The summed E-state index contributed by atoms with van der Waals surface area (Å²) >= 11 is 0. The second-order valence-electron chi connectivity index (χ2n) is 4.64. The van der Waals surface area contributed by atoms with Crippen molar-refractivity contribution in [2.75, 3.05) is 32.1 Å². The van der Waals surface area contributed by atoms with E-state index in [2.05, 4.69) is 10.3 Å². The summed E-state index contributed by atoms with van der Waals surface area (Å²) in [6.45, 7) is 1.38. The van der Waals surface area contributed by atoms with Gasteiger partial charge in [-0.3, -0.25) is 4.79 Å². The van der Waals surface area contributed by atoms with Crippen LogP contribution >= 0.6 is 0 Å². The smallest absolute Gasteiger partial charge is 0.252 e. The molecule has 1 fully saturated rings. The zero-order valence-corrected chi connectivity index (χ0v) is 10.8. The molecule has 98 valence electrons. The van der Waals surface area contributed by atoms with Crippen LogP contribution in [0.25, 0.3) is 0 Å². The Bertz CT molecular complexity index is 397. The summed E-state index contributed by atoms with van der Waals surface area (Å²) in [4.78, 5) is 18.0. The highest BCUT2D eigenvalue weighted by Crippen LogP contribution is 2.11. The van der Waals surface area contributed by atoms with E-state index in [4.69, 9.17) is 4.74 Å². The lowest BCUT2D eigenvalue weighted by atomic mass is 10.2. The van der Waals surface area contributed by atoms with Gasteiger partial charge in [0.1, 0.15) is 5.82 Å². The Morgan fingerprint density at radius 3 is 2.94 bits per heavy atom. The largest absolute Gasteiger partial charge is 0.376 e. The first kappa shape index (κ1) is 12.8. The van der Waals surface area contributed by atoms with Gasteiger partial charge in [-0.2, -0.15) is 0 Å². The Kier molecular flexibility index (Phi) is 4.15. The van der Waals surface area contributed by atoms with Crippen molar-refractivity contribution in [1.29, 1.82) is 0 Å². The normalized spacial score (nSPS) is 18.7. The summed E-state index contributed by atoms with van der Waals surface area (Å²) in [5.41, 5.74) is 0.582.